The second-order valence-electron chi connectivity index (χ2n) is 6.10. The molecule has 0 spiro atoms. The Labute approximate surface area is 125 Å². The first-order chi connectivity index (χ1) is 10.1. The maximum absolute atomic E-state index is 5.74. The van der Waals surface area contributed by atoms with Crippen LogP contribution in [0.25, 0.3) is 0 Å². The number of methoxy groups -OCH3 is 1. The SMILES string of the molecule is COC1(CN2CCN(C)C(c3nc(C)no3)C2)CCOC1. The molecule has 2 unspecified atom stereocenters. The van der Waals surface area contributed by atoms with Crippen molar-refractivity contribution in [2.24, 2.45) is 0 Å². The van der Waals surface area contributed by atoms with E-state index in [1.165, 1.54) is 0 Å². The molecule has 0 amide bonds. The summed E-state index contributed by atoms with van der Waals surface area (Å²) in [5.41, 5.74) is -0.161. The van der Waals surface area contributed by atoms with Crippen LogP contribution in [0.3, 0.4) is 0 Å². The van der Waals surface area contributed by atoms with Gasteiger partial charge < -0.3 is 14.0 Å². The number of likely N-dealkylation sites (N-methyl/N-ethyl adjacent to an activating group) is 1. The van der Waals surface area contributed by atoms with E-state index in [9.17, 15) is 0 Å². The number of aryl methyl sites for hydroxylation is 1. The monoisotopic (exact) mass is 296 g/mol. The van der Waals surface area contributed by atoms with Crippen molar-refractivity contribution in [3.05, 3.63) is 11.7 Å². The summed E-state index contributed by atoms with van der Waals surface area (Å²) < 4.78 is 16.6. The van der Waals surface area contributed by atoms with Crippen LogP contribution >= 0.6 is 0 Å². The van der Waals surface area contributed by atoms with Gasteiger partial charge in [-0.15, -0.1) is 0 Å². The van der Waals surface area contributed by atoms with Gasteiger partial charge in [0.25, 0.3) is 0 Å². The first kappa shape index (κ1) is 14.9. The minimum Gasteiger partial charge on any atom is -0.378 e. The summed E-state index contributed by atoms with van der Waals surface area (Å²) in [6.07, 6.45) is 0.959. The maximum atomic E-state index is 5.74. The molecule has 0 radical (unpaired) electrons. The lowest BCUT2D eigenvalue weighted by molar-refractivity contribution is -0.0545. The summed E-state index contributed by atoms with van der Waals surface area (Å²) >= 11 is 0. The molecule has 3 rings (SSSR count). The number of rotatable bonds is 4. The molecule has 0 bridgehead atoms. The molecule has 2 aliphatic heterocycles. The van der Waals surface area contributed by atoms with E-state index in [1.54, 1.807) is 7.11 Å². The molecule has 1 aromatic rings. The third kappa shape index (κ3) is 3.11. The van der Waals surface area contributed by atoms with E-state index in [-0.39, 0.29) is 11.6 Å². The van der Waals surface area contributed by atoms with Gasteiger partial charge in [0.15, 0.2) is 5.82 Å². The molecule has 2 saturated heterocycles. The summed E-state index contributed by atoms with van der Waals surface area (Å²) in [6.45, 7) is 7.08. The van der Waals surface area contributed by atoms with Crippen molar-refractivity contribution >= 4 is 0 Å². The Morgan fingerprint density at radius 2 is 2.29 bits per heavy atom. The van der Waals surface area contributed by atoms with E-state index in [0.717, 1.165) is 39.2 Å². The van der Waals surface area contributed by atoms with Crippen molar-refractivity contribution in [3.63, 3.8) is 0 Å². The van der Waals surface area contributed by atoms with E-state index < -0.39 is 0 Å². The second kappa shape index (κ2) is 6.00. The van der Waals surface area contributed by atoms with Gasteiger partial charge in [0.2, 0.25) is 5.89 Å². The normalized spacial score (nSPS) is 31.9. The van der Waals surface area contributed by atoms with Gasteiger partial charge in [-0.1, -0.05) is 5.16 Å². The van der Waals surface area contributed by atoms with Crippen LogP contribution in [-0.2, 0) is 9.47 Å². The van der Waals surface area contributed by atoms with Crippen molar-refractivity contribution in [2.45, 2.75) is 25.0 Å². The van der Waals surface area contributed by atoms with Crippen LogP contribution in [0.2, 0.25) is 0 Å². The third-order valence-electron chi connectivity index (χ3n) is 4.57. The zero-order valence-corrected chi connectivity index (χ0v) is 13.0. The molecule has 7 heteroatoms. The van der Waals surface area contributed by atoms with Crippen molar-refractivity contribution in [1.29, 1.82) is 0 Å². The molecule has 0 saturated carbocycles. The molecule has 1 aromatic heterocycles. The number of hydrogen-bond donors (Lipinski definition) is 0. The number of piperazine rings is 1. The number of aromatic nitrogens is 2. The molecule has 7 nitrogen and oxygen atoms in total. The summed E-state index contributed by atoms with van der Waals surface area (Å²) in [5, 5.41) is 3.91. The fraction of sp³-hybridized carbons (Fsp3) is 0.857. The highest BCUT2D eigenvalue weighted by atomic mass is 16.5. The highest BCUT2D eigenvalue weighted by Gasteiger charge is 2.39. The van der Waals surface area contributed by atoms with Gasteiger partial charge in [0, 0.05) is 46.3 Å². The fourth-order valence-electron chi connectivity index (χ4n) is 3.14. The van der Waals surface area contributed by atoms with Gasteiger partial charge >= 0.3 is 0 Å². The largest absolute Gasteiger partial charge is 0.378 e. The van der Waals surface area contributed by atoms with Crippen molar-refractivity contribution in [1.82, 2.24) is 19.9 Å². The van der Waals surface area contributed by atoms with E-state index in [4.69, 9.17) is 14.0 Å². The molecule has 0 aliphatic carbocycles. The van der Waals surface area contributed by atoms with Crippen LogP contribution in [0, 0.1) is 6.92 Å². The number of nitrogens with zero attached hydrogens (tertiary/aromatic N) is 4. The Morgan fingerprint density at radius 3 is 2.90 bits per heavy atom. The summed E-state index contributed by atoms with van der Waals surface area (Å²) in [7, 11) is 3.88. The van der Waals surface area contributed by atoms with Crippen LogP contribution in [-0.4, -0.2) is 79.1 Å². The third-order valence-corrected chi connectivity index (χ3v) is 4.57. The van der Waals surface area contributed by atoms with Gasteiger partial charge in [-0.25, -0.2) is 0 Å². The second-order valence-corrected chi connectivity index (χ2v) is 6.10. The maximum Gasteiger partial charge on any atom is 0.245 e. The van der Waals surface area contributed by atoms with Crippen LogP contribution in [0.1, 0.15) is 24.2 Å². The predicted octanol–water partition coefficient (Wildman–Crippen LogP) is 0.472. The molecule has 2 fully saturated rings. The Kier molecular flexibility index (Phi) is 4.26. The molecule has 0 N–H and O–H groups in total. The van der Waals surface area contributed by atoms with Crippen LogP contribution in [0.15, 0.2) is 4.52 Å². The first-order valence-electron chi connectivity index (χ1n) is 7.48. The van der Waals surface area contributed by atoms with Gasteiger partial charge in [-0.05, 0) is 14.0 Å². The summed E-state index contributed by atoms with van der Waals surface area (Å²) in [6, 6.07) is 0.149. The fourth-order valence-corrected chi connectivity index (χ4v) is 3.14. The van der Waals surface area contributed by atoms with E-state index in [1.807, 2.05) is 6.92 Å². The minimum atomic E-state index is -0.161. The predicted molar refractivity (Wildman–Crippen MR) is 76.0 cm³/mol. The Balaban J connectivity index is 1.68. The van der Waals surface area contributed by atoms with E-state index in [2.05, 4.69) is 27.0 Å². The molecule has 2 atom stereocenters. The molecule has 118 valence electrons. The van der Waals surface area contributed by atoms with Crippen molar-refractivity contribution < 1.29 is 14.0 Å². The smallest absolute Gasteiger partial charge is 0.245 e. The van der Waals surface area contributed by atoms with Crippen LogP contribution in [0.5, 0.6) is 0 Å². The molecular formula is C14H24N4O3. The van der Waals surface area contributed by atoms with Crippen molar-refractivity contribution in [2.75, 3.05) is 53.6 Å². The molecule has 21 heavy (non-hydrogen) atoms. The zero-order chi connectivity index (χ0) is 14.9. The first-order valence-corrected chi connectivity index (χ1v) is 7.48. The summed E-state index contributed by atoms with van der Waals surface area (Å²) in [4.78, 5) is 9.08. The molecule has 0 aromatic carbocycles. The van der Waals surface area contributed by atoms with Crippen molar-refractivity contribution in [3.8, 4) is 0 Å². The van der Waals surface area contributed by atoms with Crippen LogP contribution in [0.4, 0.5) is 0 Å². The van der Waals surface area contributed by atoms with Gasteiger partial charge in [-0.2, -0.15) is 4.98 Å². The molecule has 2 aliphatic rings. The minimum absolute atomic E-state index is 0.149. The highest BCUT2D eigenvalue weighted by molar-refractivity contribution is 4.98. The number of ether oxygens (including phenoxy) is 2. The Hall–Kier alpha value is -1.02. The number of hydrogen-bond acceptors (Lipinski definition) is 7. The highest BCUT2D eigenvalue weighted by Crippen LogP contribution is 2.28. The molecule has 3 heterocycles. The Morgan fingerprint density at radius 1 is 1.43 bits per heavy atom. The zero-order valence-electron chi connectivity index (χ0n) is 13.0. The topological polar surface area (TPSA) is 63.9 Å². The van der Waals surface area contributed by atoms with Gasteiger partial charge in [0.1, 0.15) is 11.6 Å². The summed E-state index contributed by atoms with van der Waals surface area (Å²) in [5.74, 6) is 1.39. The molecular weight excluding hydrogens is 272 g/mol. The lowest BCUT2D eigenvalue weighted by Gasteiger charge is -2.41. The van der Waals surface area contributed by atoms with Crippen LogP contribution < -0.4 is 0 Å². The quantitative estimate of drug-likeness (QED) is 0.800. The standard InChI is InChI=1S/C14H24N4O3/c1-11-15-13(21-16-11)12-8-18(6-5-17(12)2)9-14(19-3)4-7-20-10-14/h12H,4-10H2,1-3H3. The lowest BCUT2D eigenvalue weighted by atomic mass is 10.0. The van der Waals surface area contributed by atoms with Gasteiger partial charge in [-0.3, -0.25) is 9.80 Å². The lowest BCUT2D eigenvalue weighted by Crippen LogP contribution is -2.53. The average Bonchev–Trinajstić information content (AvgIpc) is 3.11. The Bertz CT molecular complexity index is 473. The average molecular weight is 296 g/mol. The van der Waals surface area contributed by atoms with E-state index >= 15 is 0 Å². The van der Waals surface area contributed by atoms with Gasteiger partial charge in [0.05, 0.1) is 6.61 Å². The van der Waals surface area contributed by atoms with E-state index in [0.29, 0.717) is 18.3 Å².